The molecule has 12 heteroatoms. The maximum absolute atomic E-state index is 15.6. The number of nitrogens with zero attached hydrogens (tertiary/aromatic N) is 5. The molecule has 4 rings (SSSR count). The minimum absolute atomic E-state index is 0.000116. The van der Waals surface area contributed by atoms with E-state index < -0.39 is 11.7 Å². The van der Waals surface area contributed by atoms with Crippen LogP contribution in [0.1, 0.15) is 35.8 Å². The Labute approximate surface area is 195 Å². The number of methoxy groups -OCH3 is 1. The molecule has 1 saturated carbocycles. The summed E-state index contributed by atoms with van der Waals surface area (Å²) in [5.74, 6) is -0.976. The number of aryl methyl sites for hydroxylation is 2. The third kappa shape index (κ3) is 4.51. The van der Waals surface area contributed by atoms with Crippen LogP contribution in [0.15, 0.2) is 18.3 Å². The molecule has 2 heterocycles. The molecule has 0 aliphatic heterocycles. The van der Waals surface area contributed by atoms with Gasteiger partial charge in [-0.3, -0.25) is 9.59 Å². The molecular weight excluding hydrogens is 443 g/mol. The van der Waals surface area contributed by atoms with Gasteiger partial charge < -0.3 is 20.7 Å². The Hall–Kier alpha value is -4.09. The van der Waals surface area contributed by atoms with E-state index >= 15 is 4.39 Å². The number of carbonyl (C=O) groups is 2. The predicted octanol–water partition coefficient (Wildman–Crippen LogP) is 2.43. The van der Waals surface area contributed by atoms with Gasteiger partial charge in [0.25, 0.3) is 5.91 Å². The number of hydrogen-bond acceptors (Lipinski definition) is 8. The minimum atomic E-state index is -0.546. The smallest absolute Gasteiger partial charge is 0.273 e. The van der Waals surface area contributed by atoms with Crippen LogP contribution in [0.25, 0.3) is 11.3 Å². The summed E-state index contributed by atoms with van der Waals surface area (Å²) in [4.78, 5) is 26.0. The summed E-state index contributed by atoms with van der Waals surface area (Å²) in [6.45, 7) is 1.82. The first-order valence-electron chi connectivity index (χ1n) is 10.8. The highest BCUT2D eigenvalue weighted by molar-refractivity contribution is 6.00. The van der Waals surface area contributed by atoms with Crippen LogP contribution < -0.4 is 20.7 Å². The molecular formula is C22H25FN8O3. The molecule has 1 aliphatic rings. The summed E-state index contributed by atoms with van der Waals surface area (Å²) in [6, 6.07) is 3.10. The highest BCUT2D eigenvalue weighted by Crippen LogP contribution is 2.41. The Balaban J connectivity index is 1.82. The van der Waals surface area contributed by atoms with Crippen LogP contribution in [0.5, 0.6) is 5.75 Å². The van der Waals surface area contributed by atoms with E-state index in [2.05, 4.69) is 36.3 Å². The SMILES string of the molecule is CCc1cc(-c2cnn(C)n2)c(OC)c(Nc2cc(NC(=O)C3CC3)nnc2C(=O)NC)c1F. The molecule has 11 nitrogen and oxygen atoms in total. The Bertz CT molecular complexity index is 1260. The molecule has 178 valence electrons. The predicted molar refractivity (Wildman–Crippen MR) is 122 cm³/mol. The van der Waals surface area contributed by atoms with Gasteiger partial charge in [0.15, 0.2) is 23.1 Å². The van der Waals surface area contributed by atoms with Crippen LogP contribution in [0.2, 0.25) is 0 Å². The lowest BCUT2D eigenvalue weighted by Crippen LogP contribution is -2.22. The maximum Gasteiger partial charge on any atom is 0.273 e. The molecule has 0 spiro atoms. The van der Waals surface area contributed by atoms with Crippen molar-refractivity contribution < 1.29 is 18.7 Å². The van der Waals surface area contributed by atoms with Crippen molar-refractivity contribution in [3.63, 3.8) is 0 Å². The van der Waals surface area contributed by atoms with E-state index in [9.17, 15) is 9.59 Å². The summed E-state index contributed by atoms with van der Waals surface area (Å²) >= 11 is 0. The summed E-state index contributed by atoms with van der Waals surface area (Å²) in [7, 11) is 4.54. The highest BCUT2D eigenvalue weighted by Gasteiger charge is 2.30. The molecule has 2 amide bonds. The van der Waals surface area contributed by atoms with Crippen molar-refractivity contribution in [1.82, 2.24) is 30.5 Å². The van der Waals surface area contributed by atoms with Gasteiger partial charge >= 0.3 is 0 Å². The quantitative estimate of drug-likeness (QED) is 0.459. The van der Waals surface area contributed by atoms with Gasteiger partial charge in [0.1, 0.15) is 11.4 Å². The first-order valence-corrected chi connectivity index (χ1v) is 10.8. The summed E-state index contributed by atoms with van der Waals surface area (Å²) in [5, 5.41) is 24.4. The number of carbonyl (C=O) groups excluding carboxylic acids is 2. The molecule has 3 aromatic rings. The first kappa shape index (κ1) is 23.1. The number of benzene rings is 1. The topological polar surface area (TPSA) is 136 Å². The van der Waals surface area contributed by atoms with Crippen molar-refractivity contribution in [3.05, 3.63) is 35.4 Å². The average Bonchev–Trinajstić information content (AvgIpc) is 3.60. The highest BCUT2D eigenvalue weighted by atomic mass is 19.1. The van der Waals surface area contributed by atoms with Gasteiger partial charge in [-0.2, -0.15) is 15.0 Å². The van der Waals surface area contributed by atoms with Gasteiger partial charge in [-0.15, -0.1) is 10.2 Å². The van der Waals surface area contributed by atoms with E-state index in [-0.39, 0.29) is 40.5 Å². The van der Waals surface area contributed by atoms with E-state index in [1.54, 1.807) is 19.3 Å². The fourth-order valence-corrected chi connectivity index (χ4v) is 3.48. The molecule has 1 fully saturated rings. The normalized spacial score (nSPS) is 12.9. The van der Waals surface area contributed by atoms with Gasteiger partial charge in [0, 0.05) is 31.6 Å². The molecule has 3 N–H and O–H groups in total. The van der Waals surface area contributed by atoms with Crippen LogP contribution in [0.3, 0.4) is 0 Å². The van der Waals surface area contributed by atoms with Crippen molar-refractivity contribution >= 4 is 29.0 Å². The number of hydrogen-bond donors (Lipinski definition) is 3. The molecule has 34 heavy (non-hydrogen) atoms. The number of ether oxygens (including phenoxy) is 1. The second-order valence-electron chi connectivity index (χ2n) is 7.84. The fraction of sp³-hybridized carbons (Fsp3) is 0.364. The first-order chi connectivity index (χ1) is 16.4. The summed E-state index contributed by atoms with van der Waals surface area (Å²) in [5.41, 5.74) is 1.51. The molecule has 0 saturated heterocycles. The second-order valence-corrected chi connectivity index (χ2v) is 7.84. The van der Waals surface area contributed by atoms with Gasteiger partial charge in [-0.25, -0.2) is 4.39 Å². The zero-order valence-corrected chi connectivity index (χ0v) is 19.3. The third-order valence-corrected chi connectivity index (χ3v) is 5.45. The van der Waals surface area contributed by atoms with E-state index in [0.29, 0.717) is 23.2 Å². The number of nitrogens with one attached hydrogen (secondary N) is 3. The second kappa shape index (κ2) is 9.41. The zero-order chi connectivity index (χ0) is 24.4. The van der Waals surface area contributed by atoms with E-state index in [4.69, 9.17) is 4.74 Å². The monoisotopic (exact) mass is 468 g/mol. The van der Waals surface area contributed by atoms with Gasteiger partial charge in [0.2, 0.25) is 5.91 Å². The number of amides is 2. The summed E-state index contributed by atoms with van der Waals surface area (Å²) in [6.07, 6.45) is 3.59. The summed E-state index contributed by atoms with van der Waals surface area (Å²) < 4.78 is 21.1. The van der Waals surface area contributed by atoms with Crippen molar-refractivity contribution in [1.29, 1.82) is 0 Å². The molecule has 1 aromatic carbocycles. The van der Waals surface area contributed by atoms with Gasteiger partial charge in [0.05, 0.1) is 19.0 Å². The van der Waals surface area contributed by atoms with E-state index in [1.165, 1.54) is 25.0 Å². The van der Waals surface area contributed by atoms with Crippen molar-refractivity contribution in [3.8, 4) is 17.0 Å². The number of anilines is 3. The molecule has 0 bridgehead atoms. The van der Waals surface area contributed by atoms with Crippen molar-refractivity contribution in [2.45, 2.75) is 26.2 Å². The molecule has 2 aromatic heterocycles. The van der Waals surface area contributed by atoms with Crippen LogP contribution in [0, 0.1) is 11.7 Å². The number of halogens is 1. The molecule has 1 aliphatic carbocycles. The Kier molecular flexibility index (Phi) is 6.39. The number of aromatic nitrogens is 5. The Morgan fingerprint density at radius 3 is 2.62 bits per heavy atom. The zero-order valence-electron chi connectivity index (χ0n) is 19.3. The van der Waals surface area contributed by atoms with Gasteiger partial charge in [-0.1, -0.05) is 6.92 Å². The molecule has 0 unspecified atom stereocenters. The number of rotatable bonds is 8. The largest absolute Gasteiger partial charge is 0.494 e. The van der Waals surface area contributed by atoms with Crippen molar-refractivity contribution in [2.24, 2.45) is 13.0 Å². The van der Waals surface area contributed by atoms with Crippen LogP contribution >= 0.6 is 0 Å². The van der Waals surface area contributed by atoms with E-state index in [0.717, 1.165) is 12.8 Å². The lowest BCUT2D eigenvalue weighted by Gasteiger charge is -2.19. The lowest BCUT2D eigenvalue weighted by molar-refractivity contribution is -0.117. The fourth-order valence-electron chi connectivity index (χ4n) is 3.48. The average molecular weight is 468 g/mol. The van der Waals surface area contributed by atoms with Crippen LogP contribution in [0.4, 0.5) is 21.6 Å². The Morgan fingerprint density at radius 1 is 1.26 bits per heavy atom. The van der Waals surface area contributed by atoms with E-state index in [1.807, 2.05) is 6.92 Å². The third-order valence-electron chi connectivity index (χ3n) is 5.45. The Morgan fingerprint density at radius 2 is 2.03 bits per heavy atom. The standard InChI is InChI=1S/C22H25FN8O3/c1-5-11-8-13(15-10-25-31(3)30-15)20(34-4)19(17(11)23)26-14-9-16(27-21(32)12-6-7-12)28-29-18(14)22(33)24-2/h8-10,12H,5-7H2,1-4H3,(H,24,33)(H2,26,27,28,32). The molecule has 0 radical (unpaired) electrons. The van der Waals surface area contributed by atoms with Crippen LogP contribution in [-0.2, 0) is 18.3 Å². The minimum Gasteiger partial charge on any atom is -0.494 e. The van der Waals surface area contributed by atoms with Crippen molar-refractivity contribution in [2.75, 3.05) is 24.8 Å². The van der Waals surface area contributed by atoms with Crippen LogP contribution in [-0.4, -0.2) is 51.2 Å². The lowest BCUT2D eigenvalue weighted by atomic mass is 10.0. The molecule has 0 atom stereocenters. The maximum atomic E-state index is 15.6. The van der Waals surface area contributed by atoms with Gasteiger partial charge in [-0.05, 0) is 30.9 Å².